The van der Waals surface area contributed by atoms with Gasteiger partial charge in [0.25, 0.3) is 0 Å². The second-order valence-electron chi connectivity index (χ2n) is 24.6. The summed E-state index contributed by atoms with van der Waals surface area (Å²) >= 11 is 0. The summed E-state index contributed by atoms with van der Waals surface area (Å²) in [7, 11) is 0. The van der Waals surface area contributed by atoms with Crippen molar-refractivity contribution >= 4 is 86.2 Å². The van der Waals surface area contributed by atoms with Crippen molar-refractivity contribution in [2.75, 3.05) is 0 Å². The van der Waals surface area contributed by atoms with Crippen LogP contribution in [-0.4, -0.2) is 0 Å². The molecule has 18 rings (SSSR count). The Morgan fingerprint density at radius 1 is 0.109 bits per heavy atom. The molecule has 0 heteroatoms. The van der Waals surface area contributed by atoms with Crippen LogP contribution in [-0.2, 0) is 0 Å². The van der Waals surface area contributed by atoms with Crippen molar-refractivity contribution in [3.63, 3.8) is 0 Å². The SMILES string of the molecule is c1ccc(-c2cccc(-c3cccc4c(-c5cc(-c6cc7ccccc7c7c6ccc6ccc(-c8ccccc8-c8ccccc8)cc67)cc(-c6cc7ccccc7c7c6ccc6ccc(-c8ccccc8-c8ccccc8)cc67)c5)cc5ccccc5c34)c2)cc1. The van der Waals surface area contributed by atoms with Crippen LogP contribution in [0.5, 0.6) is 0 Å². The molecule has 0 spiro atoms. The third-order valence-corrected chi connectivity index (χ3v) is 19.4. The molecule has 0 heterocycles. The zero-order valence-corrected chi connectivity index (χ0v) is 50.5. The topological polar surface area (TPSA) is 0 Å². The number of rotatable bonds is 9. The normalized spacial score (nSPS) is 11.7. The van der Waals surface area contributed by atoms with E-state index in [1.807, 2.05) is 0 Å². The van der Waals surface area contributed by atoms with Crippen molar-refractivity contribution in [3.8, 4) is 100 Å². The van der Waals surface area contributed by atoms with E-state index in [-0.39, 0.29) is 0 Å². The maximum absolute atomic E-state index is 2.49. The zero-order chi connectivity index (χ0) is 60.6. The molecule has 0 aliphatic carbocycles. The van der Waals surface area contributed by atoms with Gasteiger partial charge in [0.05, 0.1) is 0 Å². The van der Waals surface area contributed by atoms with E-state index in [1.165, 1.54) is 170 Å². The highest BCUT2D eigenvalue weighted by Crippen LogP contribution is 2.49. The first-order valence-corrected chi connectivity index (χ1v) is 31.9. The lowest BCUT2D eigenvalue weighted by molar-refractivity contribution is 1.59. The summed E-state index contributed by atoms with van der Waals surface area (Å²) in [6.45, 7) is 0. The second-order valence-corrected chi connectivity index (χ2v) is 24.6. The van der Waals surface area contributed by atoms with Crippen molar-refractivity contribution in [2.45, 2.75) is 0 Å². The van der Waals surface area contributed by atoms with Crippen LogP contribution in [0, 0.1) is 0 Å². The Balaban J connectivity index is 0.919. The third kappa shape index (κ3) is 8.99. The van der Waals surface area contributed by atoms with E-state index in [4.69, 9.17) is 0 Å². The van der Waals surface area contributed by atoms with Gasteiger partial charge in [-0.1, -0.05) is 297 Å². The lowest BCUT2D eigenvalue weighted by atomic mass is 9.84. The molecule has 0 N–H and O–H groups in total. The van der Waals surface area contributed by atoms with Gasteiger partial charge in [-0.25, -0.2) is 0 Å². The molecule has 0 radical (unpaired) electrons. The summed E-state index contributed by atoms with van der Waals surface area (Å²) in [5.41, 5.74) is 21.6. The fourth-order valence-corrected chi connectivity index (χ4v) is 15.1. The molecule has 0 nitrogen and oxygen atoms in total. The van der Waals surface area contributed by atoms with Crippen molar-refractivity contribution in [3.05, 3.63) is 352 Å². The van der Waals surface area contributed by atoms with Gasteiger partial charge < -0.3 is 0 Å². The van der Waals surface area contributed by atoms with Crippen LogP contribution < -0.4 is 0 Å². The van der Waals surface area contributed by atoms with Crippen LogP contribution in [0.15, 0.2) is 352 Å². The van der Waals surface area contributed by atoms with E-state index < -0.39 is 0 Å². The van der Waals surface area contributed by atoms with Crippen LogP contribution in [0.4, 0.5) is 0 Å². The average molecular weight is 1160 g/mol. The first-order chi connectivity index (χ1) is 45.6. The molecule has 426 valence electrons. The molecule has 0 aromatic heterocycles. The monoisotopic (exact) mass is 1160 g/mol. The first-order valence-electron chi connectivity index (χ1n) is 31.9. The minimum Gasteiger partial charge on any atom is -0.0622 e. The Labute approximate surface area is 534 Å². The van der Waals surface area contributed by atoms with E-state index in [0.717, 1.165) is 16.7 Å². The van der Waals surface area contributed by atoms with E-state index in [2.05, 4.69) is 352 Å². The maximum Gasteiger partial charge on any atom is -0.00204 e. The molecule has 0 bridgehead atoms. The van der Waals surface area contributed by atoms with Crippen LogP contribution in [0.25, 0.3) is 186 Å². The summed E-state index contributed by atoms with van der Waals surface area (Å²) in [5, 5.41) is 19.6. The second kappa shape index (κ2) is 22.0. The molecule has 0 saturated carbocycles. The quantitative estimate of drug-likeness (QED) is 0.126. The van der Waals surface area contributed by atoms with Gasteiger partial charge in [0.1, 0.15) is 0 Å². The summed E-state index contributed by atoms with van der Waals surface area (Å²) in [6, 6.07) is 131. The molecular formula is C92H58. The number of fused-ring (bicyclic) bond motifs is 13. The Kier molecular flexibility index (Phi) is 12.7. The van der Waals surface area contributed by atoms with Crippen LogP contribution >= 0.6 is 0 Å². The first kappa shape index (κ1) is 53.1. The Morgan fingerprint density at radius 3 is 0.880 bits per heavy atom. The van der Waals surface area contributed by atoms with Gasteiger partial charge in [0, 0.05) is 0 Å². The Bertz CT molecular complexity index is 5710. The zero-order valence-electron chi connectivity index (χ0n) is 50.5. The molecule has 0 fully saturated rings. The molecule has 0 aliphatic heterocycles. The van der Waals surface area contributed by atoms with Gasteiger partial charge in [-0.3, -0.25) is 0 Å². The van der Waals surface area contributed by atoms with Gasteiger partial charge in [0.15, 0.2) is 0 Å². The largest absolute Gasteiger partial charge is 0.0622 e. The van der Waals surface area contributed by atoms with Crippen molar-refractivity contribution in [1.82, 2.24) is 0 Å². The highest BCUT2D eigenvalue weighted by atomic mass is 14.2. The molecule has 0 saturated heterocycles. The summed E-state index contributed by atoms with van der Waals surface area (Å²) in [6.07, 6.45) is 0. The van der Waals surface area contributed by atoms with E-state index in [1.54, 1.807) is 0 Å². The van der Waals surface area contributed by atoms with Gasteiger partial charge in [0.2, 0.25) is 0 Å². The minimum atomic E-state index is 1.16. The molecule has 92 heavy (non-hydrogen) atoms. The fourth-order valence-electron chi connectivity index (χ4n) is 15.1. The number of benzene rings is 18. The van der Waals surface area contributed by atoms with Crippen LogP contribution in [0.2, 0.25) is 0 Å². The third-order valence-electron chi connectivity index (χ3n) is 19.4. The van der Waals surface area contributed by atoms with E-state index in [9.17, 15) is 0 Å². The summed E-state index contributed by atoms with van der Waals surface area (Å²) in [4.78, 5) is 0. The smallest absolute Gasteiger partial charge is 0.00204 e. The molecular weight excluding hydrogens is 1110 g/mol. The van der Waals surface area contributed by atoms with E-state index >= 15 is 0 Å². The number of hydrogen-bond donors (Lipinski definition) is 0. The Morgan fingerprint density at radius 2 is 0.413 bits per heavy atom. The summed E-state index contributed by atoms with van der Waals surface area (Å²) in [5.74, 6) is 0. The standard InChI is InChI=1S/C92H58/c1-4-22-59(23-5-1)64-31-20-32-65(50-64)81-40-21-41-82-85(54-66-28-10-13-37-78(66)90(81)82)71-51-72(86-55-67-29-11-14-38-79(67)91-83(86)48-46-62-42-44-69(57-88(62)91)76-35-18-16-33-74(76)60-24-6-2-7-25-60)53-73(52-71)87-56-68-30-12-15-39-80(68)92-84(87)49-47-63-43-45-70(58-89(63)92)77-36-19-17-34-75(77)61-26-8-3-9-27-61/h1-58H. The lowest BCUT2D eigenvalue weighted by Crippen LogP contribution is -1.93. The average Bonchev–Trinajstić information content (AvgIpc) is 0.749. The Hall–Kier alpha value is -12.0. The van der Waals surface area contributed by atoms with Crippen molar-refractivity contribution in [1.29, 1.82) is 0 Å². The van der Waals surface area contributed by atoms with Crippen molar-refractivity contribution in [2.24, 2.45) is 0 Å². The van der Waals surface area contributed by atoms with Crippen molar-refractivity contribution < 1.29 is 0 Å². The van der Waals surface area contributed by atoms with E-state index in [0.29, 0.717) is 0 Å². The van der Waals surface area contributed by atoms with Gasteiger partial charge >= 0.3 is 0 Å². The minimum absolute atomic E-state index is 1.16. The van der Waals surface area contributed by atoms with Gasteiger partial charge in [-0.05, 0) is 241 Å². The molecule has 0 amide bonds. The highest BCUT2D eigenvalue weighted by Gasteiger charge is 2.21. The summed E-state index contributed by atoms with van der Waals surface area (Å²) < 4.78 is 0. The van der Waals surface area contributed by atoms with Crippen LogP contribution in [0.1, 0.15) is 0 Å². The predicted octanol–water partition coefficient (Wildman–Crippen LogP) is 25.9. The van der Waals surface area contributed by atoms with Gasteiger partial charge in [-0.15, -0.1) is 0 Å². The molecule has 0 unspecified atom stereocenters. The maximum atomic E-state index is 2.49. The molecule has 0 aliphatic rings. The van der Waals surface area contributed by atoms with Crippen LogP contribution in [0.3, 0.4) is 0 Å². The molecule has 18 aromatic carbocycles. The fraction of sp³-hybridized carbons (Fsp3) is 0. The highest BCUT2D eigenvalue weighted by molar-refractivity contribution is 6.27. The predicted molar refractivity (Wildman–Crippen MR) is 395 cm³/mol. The lowest BCUT2D eigenvalue weighted by Gasteiger charge is -2.20. The molecule has 18 aromatic rings. The molecule has 0 atom stereocenters. The number of hydrogen-bond acceptors (Lipinski definition) is 0. The van der Waals surface area contributed by atoms with Gasteiger partial charge in [-0.2, -0.15) is 0 Å².